The second-order valence-corrected chi connectivity index (χ2v) is 10.2. The highest BCUT2D eigenvalue weighted by atomic mass is 32.2. The smallest absolute Gasteiger partial charge is 0.338 e. The van der Waals surface area contributed by atoms with E-state index in [0.717, 1.165) is 22.2 Å². The van der Waals surface area contributed by atoms with Gasteiger partial charge >= 0.3 is 5.97 Å². The molecule has 39 heavy (non-hydrogen) atoms. The number of ether oxygens (including phenoxy) is 1. The highest BCUT2D eigenvalue weighted by Crippen LogP contribution is 2.35. The molecule has 1 N–H and O–H groups in total. The zero-order valence-electron chi connectivity index (χ0n) is 21.0. The van der Waals surface area contributed by atoms with E-state index in [2.05, 4.69) is 5.32 Å². The Morgan fingerprint density at radius 1 is 1.10 bits per heavy atom. The van der Waals surface area contributed by atoms with Crippen molar-refractivity contribution in [1.82, 2.24) is 9.80 Å². The Morgan fingerprint density at radius 3 is 2.51 bits per heavy atom. The molecule has 9 nitrogen and oxygen atoms in total. The van der Waals surface area contributed by atoms with Gasteiger partial charge in [-0.2, -0.15) is 0 Å². The number of carbonyl (C=O) groups is 5. The number of nitrogens with zero attached hydrogens (tertiary/aromatic N) is 2. The second-order valence-electron chi connectivity index (χ2n) is 8.54. The summed E-state index contributed by atoms with van der Waals surface area (Å²) in [7, 11) is 0. The largest absolute Gasteiger partial charge is 0.462 e. The molecule has 0 saturated carbocycles. The summed E-state index contributed by atoms with van der Waals surface area (Å²) in [5.74, 6) is -2.35. The van der Waals surface area contributed by atoms with Gasteiger partial charge in [0, 0.05) is 18.7 Å². The molecule has 0 bridgehead atoms. The molecule has 0 aliphatic carbocycles. The number of thioether (sulfide) groups is 1. The summed E-state index contributed by atoms with van der Waals surface area (Å²) in [6.45, 7) is 1.83. The maximum absolute atomic E-state index is 13.1. The highest BCUT2D eigenvalue weighted by molar-refractivity contribution is 8.26. The van der Waals surface area contributed by atoms with Crippen LogP contribution in [-0.2, 0) is 23.9 Å². The molecule has 4 rings (SSSR count). The normalized spacial score (nSPS) is 18.5. The lowest BCUT2D eigenvalue weighted by Crippen LogP contribution is -2.44. The SMILES string of the molecule is CCOC(=O)c1ccc(NC(=O)CCN2C(=O)C[C@H](N3C(=O)/C(=C/C=C/c4ccccc4)SC3=S)C2=O)cc1. The number of amides is 4. The minimum absolute atomic E-state index is 0.133. The summed E-state index contributed by atoms with van der Waals surface area (Å²) in [6.07, 6.45) is 4.88. The molecule has 2 aliphatic rings. The molecule has 1 atom stereocenters. The summed E-state index contributed by atoms with van der Waals surface area (Å²) in [4.78, 5) is 65.4. The van der Waals surface area contributed by atoms with Gasteiger partial charge in [0.1, 0.15) is 10.4 Å². The number of carbonyl (C=O) groups excluding carboxylic acids is 5. The van der Waals surface area contributed by atoms with Crippen LogP contribution in [0, 0.1) is 0 Å². The van der Waals surface area contributed by atoms with Gasteiger partial charge in [0.25, 0.3) is 11.8 Å². The average molecular weight is 564 g/mol. The van der Waals surface area contributed by atoms with Gasteiger partial charge in [-0.05, 0) is 42.8 Å². The summed E-state index contributed by atoms with van der Waals surface area (Å²) in [5.41, 5.74) is 1.77. The minimum Gasteiger partial charge on any atom is -0.462 e. The first-order valence-electron chi connectivity index (χ1n) is 12.2. The van der Waals surface area contributed by atoms with Crippen molar-refractivity contribution in [2.45, 2.75) is 25.8 Å². The molecule has 0 aromatic heterocycles. The van der Waals surface area contributed by atoms with E-state index in [1.807, 2.05) is 36.4 Å². The Hall–Kier alpha value is -4.09. The van der Waals surface area contributed by atoms with Gasteiger partial charge in [-0.3, -0.25) is 29.0 Å². The molecule has 2 aromatic rings. The molecule has 2 fully saturated rings. The average Bonchev–Trinajstić information content (AvgIpc) is 3.36. The number of hydrogen-bond acceptors (Lipinski definition) is 8. The number of hydrogen-bond donors (Lipinski definition) is 1. The lowest BCUT2D eigenvalue weighted by atomic mass is 10.2. The number of thiocarbonyl (C=S) groups is 1. The summed E-state index contributed by atoms with van der Waals surface area (Å²) in [6, 6.07) is 14.7. The molecule has 0 unspecified atom stereocenters. The molecule has 4 amide bonds. The number of rotatable bonds is 9. The van der Waals surface area contributed by atoms with Crippen molar-refractivity contribution in [2.75, 3.05) is 18.5 Å². The summed E-state index contributed by atoms with van der Waals surface area (Å²) in [5, 5.41) is 2.67. The van der Waals surface area contributed by atoms with Crippen molar-refractivity contribution in [2.24, 2.45) is 0 Å². The molecule has 200 valence electrons. The van der Waals surface area contributed by atoms with Crippen molar-refractivity contribution < 1.29 is 28.7 Å². The van der Waals surface area contributed by atoms with Crippen LogP contribution in [0.2, 0.25) is 0 Å². The van der Waals surface area contributed by atoms with E-state index >= 15 is 0 Å². The fourth-order valence-corrected chi connectivity index (χ4v) is 5.32. The zero-order valence-corrected chi connectivity index (χ0v) is 22.6. The third-order valence-electron chi connectivity index (χ3n) is 5.93. The number of imide groups is 1. The van der Waals surface area contributed by atoms with Crippen molar-refractivity contribution in [3.63, 3.8) is 0 Å². The van der Waals surface area contributed by atoms with Gasteiger partial charge in [0.15, 0.2) is 0 Å². The standard InChI is InChI=1S/C28H25N3O6S2/c1-2-37-27(36)19-11-13-20(14-12-19)29-23(32)15-16-30-24(33)17-21(25(30)34)31-26(35)22(39-28(31)38)10-6-9-18-7-4-3-5-8-18/h3-14,21H,2,15-17H2,1H3,(H,29,32)/b9-6+,22-10-/t21-/m0/s1. The van der Waals surface area contributed by atoms with E-state index < -0.39 is 35.6 Å². The molecule has 2 aromatic carbocycles. The van der Waals surface area contributed by atoms with Crippen LogP contribution in [0.5, 0.6) is 0 Å². The molecule has 0 spiro atoms. The number of likely N-dealkylation sites (tertiary alicyclic amines) is 1. The Balaban J connectivity index is 1.33. The van der Waals surface area contributed by atoms with Crippen LogP contribution in [0.3, 0.4) is 0 Å². The molecule has 2 saturated heterocycles. The third kappa shape index (κ3) is 6.68. The molecule has 2 heterocycles. The van der Waals surface area contributed by atoms with Gasteiger partial charge in [0.05, 0.1) is 23.5 Å². The first-order valence-corrected chi connectivity index (χ1v) is 13.4. The van der Waals surface area contributed by atoms with E-state index in [1.165, 1.54) is 17.0 Å². The van der Waals surface area contributed by atoms with Crippen LogP contribution >= 0.6 is 24.0 Å². The quantitative estimate of drug-likeness (QED) is 0.212. The predicted molar refractivity (Wildman–Crippen MR) is 151 cm³/mol. The van der Waals surface area contributed by atoms with Gasteiger partial charge in [-0.25, -0.2) is 4.79 Å². The van der Waals surface area contributed by atoms with Gasteiger partial charge in [-0.15, -0.1) is 0 Å². The molecular formula is C28H25N3O6S2. The van der Waals surface area contributed by atoms with Gasteiger partial charge < -0.3 is 10.1 Å². The van der Waals surface area contributed by atoms with Crippen LogP contribution in [0.1, 0.15) is 35.7 Å². The first-order chi connectivity index (χ1) is 18.8. The molecular weight excluding hydrogens is 538 g/mol. The fraction of sp³-hybridized carbons (Fsp3) is 0.214. The summed E-state index contributed by atoms with van der Waals surface area (Å²) < 4.78 is 5.13. The Bertz CT molecular complexity index is 1370. The minimum atomic E-state index is -1.03. The maximum atomic E-state index is 13.1. The number of allylic oxidation sites excluding steroid dienone is 2. The zero-order chi connectivity index (χ0) is 27.9. The monoisotopic (exact) mass is 563 g/mol. The van der Waals surface area contributed by atoms with Gasteiger partial charge in [0.2, 0.25) is 11.8 Å². The number of esters is 1. The van der Waals surface area contributed by atoms with E-state index in [4.69, 9.17) is 17.0 Å². The van der Waals surface area contributed by atoms with Crippen molar-refractivity contribution in [1.29, 1.82) is 0 Å². The lowest BCUT2D eigenvalue weighted by molar-refractivity contribution is -0.141. The van der Waals surface area contributed by atoms with Gasteiger partial charge in [-0.1, -0.05) is 66.5 Å². The Kier molecular flexibility index (Phi) is 9.05. The van der Waals surface area contributed by atoms with E-state index in [9.17, 15) is 24.0 Å². The first kappa shape index (κ1) is 27.9. The van der Waals surface area contributed by atoms with Crippen molar-refractivity contribution in [3.05, 3.63) is 82.8 Å². The Morgan fingerprint density at radius 2 is 1.82 bits per heavy atom. The lowest BCUT2D eigenvalue weighted by Gasteiger charge is -2.21. The third-order valence-corrected chi connectivity index (χ3v) is 7.28. The second kappa shape index (κ2) is 12.6. The van der Waals surface area contributed by atoms with Crippen molar-refractivity contribution in [3.8, 4) is 0 Å². The van der Waals surface area contributed by atoms with E-state index in [0.29, 0.717) is 16.2 Å². The summed E-state index contributed by atoms with van der Waals surface area (Å²) >= 11 is 6.43. The van der Waals surface area contributed by atoms with Crippen LogP contribution < -0.4 is 5.32 Å². The van der Waals surface area contributed by atoms with Crippen LogP contribution in [0.4, 0.5) is 5.69 Å². The maximum Gasteiger partial charge on any atom is 0.338 e. The van der Waals surface area contributed by atoms with Crippen LogP contribution in [-0.4, -0.2) is 62.9 Å². The number of anilines is 1. The van der Waals surface area contributed by atoms with E-state index in [-0.39, 0.29) is 30.3 Å². The Labute approximate surface area is 234 Å². The predicted octanol–water partition coefficient (Wildman–Crippen LogP) is 3.78. The topological polar surface area (TPSA) is 113 Å². The molecule has 2 aliphatic heterocycles. The highest BCUT2D eigenvalue weighted by Gasteiger charge is 2.48. The van der Waals surface area contributed by atoms with E-state index in [1.54, 1.807) is 31.2 Å². The fourth-order valence-electron chi connectivity index (χ4n) is 4.02. The van der Waals surface area contributed by atoms with Crippen LogP contribution in [0.25, 0.3) is 6.08 Å². The molecule has 11 heteroatoms. The van der Waals surface area contributed by atoms with Crippen molar-refractivity contribution >= 4 is 69.7 Å². The number of nitrogens with one attached hydrogen (secondary N) is 1. The number of benzene rings is 2. The molecule has 0 radical (unpaired) electrons. The van der Waals surface area contributed by atoms with Crippen LogP contribution in [0.15, 0.2) is 71.7 Å².